The van der Waals surface area contributed by atoms with Crippen LogP contribution in [0.1, 0.15) is 49.7 Å². The maximum absolute atomic E-state index is 6.00. The Morgan fingerprint density at radius 1 is 0.862 bits per heavy atom. The largest absolute Gasteiger partial charge is 1.00 e. The van der Waals surface area contributed by atoms with Crippen LogP contribution in [0.15, 0.2) is 48.5 Å². The zero-order valence-corrected chi connectivity index (χ0v) is 18.0. The van der Waals surface area contributed by atoms with E-state index in [1.54, 1.807) is 7.11 Å². The lowest BCUT2D eigenvalue weighted by Crippen LogP contribution is -3.00. The first kappa shape index (κ1) is 20.6. The van der Waals surface area contributed by atoms with E-state index in [-0.39, 0.29) is 12.4 Å². The lowest BCUT2D eigenvalue weighted by molar-refractivity contribution is -0.0206. The predicted molar refractivity (Wildman–Crippen MR) is 112 cm³/mol. The summed E-state index contributed by atoms with van der Waals surface area (Å²) in [7, 11) is 1.72. The smallest absolute Gasteiger partial charge is 0.161 e. The second-order valence-electron chi connectivity index (χ2n) is 9.31. The van der Waals surface area contributed by atoms with Crippen LogP contribution in [-0.4, -0.2) is 12.6 Å². The molecular formula is C25H31ClNO2-. The fourth-order valence-corrected chi connectivity index (χ4v) is 6.29. The normalized spacial score (nSPS) is 29.3. The van der Waals surface area contributed by atoms with Gasteiger partial charge in [-0.05, 0) is 79.5 Å². The topological polar surface area (TPSA) is 30.5 Å². The van der Waals surface area contributed by atoms with Crippen molar-refractivity contribution in [3.05, 3.63) is 59.7 Å². The van der Waals surface area contributed by atoms with Crippen LogP contribution in [0.2, 0.25) is 0 Å². The number of hydrogen-bond acceptors (Lipinski definition) is 3. The molecule has 29 heavy (non-hydrogen) atoms. The van der Waals surface area contributed by atoms with Crippen molar-refractivity contribution >= 4 is 0 Å². The molecule has 0 unspecified atom stereocenters. The molecule has 0 atom stereocenters. The Labute approximate surface area is 180 Å². The van der Waals surface area contributed by atoms with Gasteiger partial charge in [-0.3, -0.25) is 0 Å². The van der Waals surface area contributed by atoms with Crippen LogP contribution in [0.3, 0.4) is 0 Å². The summed E-state index contributed by atoms with van der Waals surface area (Å²) in [5.74, 6) is 4.55. The molecular weight excluding hydrogens is 382 g/mol. The van der Waals surface area contributed by atoms with Crippen molar-refractivity contribution in [1.29, 1.82) is 0 Å². The molecule has 0 amide bonds. The average Bonchev–Trinajstić information content (AvgIpc) is 2.71. The second kappa shape index (κ2) is 8.57. The maximum atomic E-state index is 6.00. The molecule has 4 heteroatoms. The quantitative estimate of drug-likeness (QED) is 0.757. The summed E-state index contributed by atoms with van der Waals surface area (Å²) in [6.07, 6.45) is 8.61. The minimum absolute atomic E-state index is 0. The van der Waals surface area contributed by atoms with E-state index in [1.165, 1.54) is 44.1 Å². The van der Waals surface area contributed by atoms with E-state index in [2.05, 4.69) is 35.6 Å². The molecule has 0 aliphatic heterocycles. The van der Waals surface area contributed by atoms with Crippen molar-refractivity contribution in [2.75, 3.05) is 7.11 Å². The monoisotopic (exact) mass is 412 g/mol. The van der Waals surface area contributed by atoms with Crippen LogP contribution in [0, 0.1) is 17.8 Å². The highest BCUT2D eigenvalue weighted by Gasteiger charge is 2.50. The number of ether oxygens (including phenoxy) is 2. The summed E-state index contributed by atoms with van der Waals surface area (Å²) in [6.45, 7) is 1.48. The summed E-state index contributed by atoms with van der Waals surface area (Å²) >= 11 is 0. The van der Waals surface area contributed by atoms with Gasteiger partial charge in [-0.25, -0.2) is 0 Å². The Bertz CT molecular complexity index is 788. The van der Waals surface area contributed by atoms with Gasteiger partial charge < -0.3 is 27.2 Å². The number of nitrogens with one attached hydrogen (secondary N) is 1. The van der Waals surface area contributed by atoms with Crippen LogP contribution in [0.4, 0.5) is 0 Å². The second-order valence-corrected chi connectivity index (χ2v) is 9.31. The first-order valence-corrected chi connectivity index (χ1v) is 10.8. The molecule has 2 aromatic rings. The number of rotatable bonds is 7. The van der Waals surface area contributed by atoms with Crippen LogP contribution < -0.4 is 27.2 Å². The molecule has 3 nitrogen and oxygen atoms in total. The van der Waals surface area contributed by atoms with Gasteiger partial charge in [-0.1, -0.05) is 36.4 Å². The van der Waals surface area contributed by atoms with E-state index in [4.69, 9.17) is 9.47 Å². The minimum Gasteiger partial charge on any atom is -1.00 e. The van der Waals surface area contributed by atoms with Crippen LogP contribution in [0.5, 0.6) is 11.5 Å². The predicted octanol–water partition coefficient (Wildman–Crippen LogP) is 2.34. The Hall–Kier alpha value is -1.71. The Morgan fingerprint density at radius 2 is 1.52 bits per heavy atom. The number of halogens is 1. The standard InChI is InChI=1S/C25H31NO2.ClH/c1-27-24-12-19(7-8-23(24)28-17-18-5-3-2-4-6-18)16-26-25-13-20-9-21(14-25)11-22(10-20)15-25;/h2-8,12,20-22,26H,9-11,13-17H2,1H3;1H/p-1. The minimum atomic E-state index is 0. The lowest BCUT2D eigenvalue weighted by Gasteiger charge is -2.57. The van der Waals surface area contributed by atoms with Gasteiger partial charge in [0.25, 0.3) is 0 Å². The molecule has 0 heterocycles. The summed E-state index contributed by atoms with van der Waals surface area (Å²) in [6, 6.07) is 16.6. The summed E-state index contributed by atoms with van der Waals surface area (Å²) in [5, 5.41) is 3.98. The third-order valence-corrected chi connectivity index (χ3v) is 7.17. The molecule has 0 saturated heterocycles. The lowest BCUT2D eigenvalue weighted by atomic mass is 9.53. The molecule has 4 saturated carbocycles. The summed E-state index contributed by atoms with van der Waals surface area (Å²) in [5.41, 5.74) is 2.83. The molecule has 4 aliphatic rings. The SMILES string of the molecule is COc1cc(CNC23CC4CC(CC(C4)C2)C3)ccc1OCc1ccccc1.[Cl-]. The Kier molecular flexibility index (Phi) is 6.08. The van der Waals surface area contributed by atoms with Gasteiger partial charge >= 0.3 is 0 Å². The van der Waals surface area contributed by atoms with E-state index in [0.717, 1.165) is 41.4 Å². The first-order chi connectivity index (χ1) is 13.7. The van der Waals surface area contributed by atoms with Crippen molar-refractivity contribution in [3.63, 3.8) is 0 Å². The zero-order chi connectivity index (χ0) is 19.0. The van der Waals surface area contributed by atoms with Gasteiger partial charge in [0.1, 0.15) is 6.61 Å². The molecule has 4 bridgehead atoms. The highest BCUT2D eigenvalue weighted by molar-refractivity contribution is 5.43. The molecule has 0 spiro atoms. The Balaban J connectivity index is 0.00000205. The van der Waals surface area contributed by atoms with E-state index in [0.29, 0.717) is 12.1 Å². The van der Waals surface area contributed by atoms with Crippen LogP contribution >= 0.6 is 0 Å². The highest BCUT2D eigenvalue weighted by Crippen LogP contribution is 2.55. The molecule has 6 rings (SSSR count). The molecule has 0 aromatic heterocycles. The number of hydrogen-bond donors (Lipinski definition) is 1. The summed E-state index contributed by atoms with van der Waals surface area (Å²) in [4.78, 5) is 0. The fraction of sp³-hybridized carbons (Fsp3) is 0.520. The van der Waals surface area contributed by atoms with Gasteiger partial charge in [-0.2, -0.15) is 0 Å². The van der Waals surface area contributed by atoms with E-state index < -0.39 is 0 Å². The fourth-order valence-electron chi connectivity index (χ4n) is 6.29. The average molecular weight is 413 g/mol. The van der Waals surface area contributed by atoms with E-state index >= 15 is 0 Å². The van der Waals surface area contributed by atoms with Crippen molar-refractivity contribution in [2.45, 2.75) is 57.2 Å². The molecule has 156 valence electrons. The molecule has 0 radical (unpaired) electrons. The molecule has 2 aromatic carbocycles. The van der Waals surface area contributed by atoms with Gasteiger partial charge in [0, 0.05) is 12.1 Å². The van der Waals surface area contributed by atoms with Gasteiger partial charge in [0.2, 0.25) is 0 Å². The Morgan fingerprint density at radius 3 is 2.14 bits per heavy atom. The number of methoxy groups -OCH3 is 1. The molecule has 4 fully saturated rings. The molecule has 4 aliphatic carbocycles. The summed E-state index contributed by atoms with van der Waals surface area (Å²) < 4.78 is 11.6. The van der Waals surface area contributed by atoms with Crippen molar-refractivity contribution < 1.29 is 21.9 Å². The molecule has 1 N–H and O–H groups in total. The third-order valence-electron chi connectivity index (χ3n) is 7.17. The van der Waals surface area contributed by atoms with Crippen molar-refractivity contribution in [1.82, 2.24) is 5.32 Å². The van der Waals surface area contributed by atoms with Gasteiger partial charge in [-0.15, -0.1) is 0 Å². The van der Waals surface area contributed by atoms with E-state index in [9.17, 15) is 0 Å². The van der Waals surface area contributed by atoms with Crippen molar-refractivity contribution in [2.24, 2.45) is 17.8 Å². The third kappa shape index (κ3) is 4.41. The van der Waals surface area contributed by atoms with E-state index in [1.807, 2.05) is 18.2 Å². The zero-order valence-electron chi connectivity index (χ0n) is 17.2. The maximum Gasteiger partial charge on any atom is 0.161 e. The highest BCUT2D eigenvalue weighted by atomic mass is 35.5. The van der Waals surface area contributed by atoms with Crippen molar-refractivity contribution in [3.8, 4) is 11.5 Å². The number of benzene rings is 2. The van der Waals surface area contributed by atoms with Gasteiger partial charge in [0.05, 0.1) is 7.11 Å². The first-order valence-electron chi connectivity index (χ1n) is 10.8. The van der Waals surface area contributed by atoms with Crippen LogP contribution in [0.25, 0.3) is 0 Å². The van der Waals surface area contributed by atoms with Gasteiger partial charge in [0.15, 0.2) is 11.5 Å². The van der Waals surface area contributed by atoms with Crippen LogP contribution in [-0.2, 0) is 13.2 Å².